The van der Waals surface area contributed by atoms with Crippen molar-refractivity contribution in [3.8, 4) is 11.5 Å². The molecule has 0 aliphatic carbocycles. The van der Waals surface area contributed by atoms with E-state index in [1.165, 1.54) is 12.1 Å². The first-order valence-electron chi connectivity index (χ1n) is 2.59. The second kappa shape index (κ2) is 2.34. The fraction of sp³-hybridized carbons (Fsp3) is 0. The molecule has 0 radical (unpaired) electrons. The maximum Gasteiger partial charge on any atom is 0.149 e. The standard InChI is InChI=1S/C6H5NO3/c8-4-1-2-5(7-10)6(9)3-4/h1-3,8-9H. The maximum atomic E-state index is 9.85. The van der Waals surface area contributed by atoms with E-state index in [0.29, 0.717) is 0 Å². The first-order valence-corrected chi connectivity index (χ1v) is 2.59. The summed E-state index contributed by atoms with van der Waals surface area (Å²) >= 11 is 0. The van der Waals surface area contributed by atoms with Gasteiger partial charge in [-0.1, -0.05) is 0 Å². The van der Waals surface area contributed by atoms with E-state index >= 15 is 0 Å². The van der Waals surface area contributed by atoms with Crippen LogP contribution in [-0.4, -0.2) is 10.2 Å². The molecular formula is C6H5NO3. The van der Waals surface area contributed by atoms with Crippen molar-refractivity contribution in [3.63, 3.8) is 0 Å². The molecule has 0 bridgehead atoms. The lowest BCUT2D eigenvalue weighted by molar-refractivity contribution is 0.451. The number of hydrogen-bond acceptors (Lipinski definition) is 4. The smallest absolute Gasteiger partial charge is 0.149 e. The lowest BCUT2D eigenvalue weighted by atomic mass is 10.3. The lowest BCUT2D eigenvalue weighted by Crippen LogP contribution is -1.66. The third-order valence-corrected chi connectivity index (χ3v) is 1.06. The second-order valence-corrected chi connectivity index (χ2v) is 1.76. The predicted molar refractivity (Wildman–Crippen MR) is 35.2 cm³/mol. The third-order valence-electron chi connectivity index (χ3n) is 1.06. The molecule has 0 aliphatic heterocycles. The summed E-state index contributed by atoms with van der Waals surface area (Å²) in [5, 5.41) is 20.1. The fourth-order valence-electron chi connectivity index (χ4n) is 0.589. The molecule has 4 heteroatoms. The van der Waals surface area contributed by atoms with Gasteiger partial charge in [-0.2, -0.15) is 0 Å². The maximum absolute atomic E-state index is 9.85. The second-order valence-electron chi connectivity index (χ2n) is 1.76. The van der Waals surface area contributed by atoms with Crippen molar-refractivity contribution in [2.45, 2.75) is 0 Å². The number of nitrogens with zero attached hydrogens (tertiary/aromatic N) is 1. The number of hydrogen-bond donors (Lipinski definition) is 2. The fourth-order valence-corrected chi connectivity index (χ4v) is 0.589. The van der Waals surface area contributed by atoms with Gasteiger partial charge in [-0.15, -0.1) is 4.91 Å². The van der Waals surface area contributed by atoms with Gasteiger partial charge in [0.1, 0.15) is 17.2 Å². The highest BCUT2D eigenvalue weighted by Gasteiger charge is 1.99. The molecular weight excluding hydrogens is 134 g/mol. The Morgan fingerprint density at radius 3 is 2.50 bits per heavy atom. The van der Waals surface area contributed by atoms with Crippen molar-refractivity contribution >= 4 is 5.69 Å². The Morgan fingerprint density at radius 2 is 2.00 bits per heavy atom. The molecule has 0 fully saturated rings. The van der Waals surface area contributed by atoms with Gasteiger partial charge in [0, 0.05) is 6.07 Å². The van der Waals surface area contributed by atoms with Crippen molar-refractivity contribution in [1.29, 1.82) is 0 Å². The van der Waals surface area contributed by atoms with Gasteiger partial charge in [0.2, 0.25) is 0 Å². The van der Waals surface area contributed by atoms with E-state index in [0.717, 1.165) is 6.07 Å². The first-order chi connectivity index (χ1) is 4.74. The highest BCUT2D eigenvalue weighted by Crippen LogP contribution is 2.28. The molecule has 0 spiro atoms. The highest BCUT2D eigenvalue weighted by atomic mass is 16.3. The Hall–Kier alpha value is -1.58. The molecule has 2 N–H and O–H groups in total. The summed E-state index contributed by atoms with van der Waals surface area (Å²) in [6.45, 7) is 0. The summed E-state index contributed by atoms with van der Waals surface area (Å²) in [6.07, 6.45) is 0. The zero-order chi connectivity index (χ0) is 7.56. The zero-order valence-corrected chi connectivity index (χ0v) is 4.98. The van der Waals surface area contributed by atoms with Crippen molar-refractivity contribution in [2.24, 2.45) is 5.18 Å². The van der Waals surface area contributed by atoms with Gasteiger partial charge in [0.05, 0.1) is 0 Å². The quantitative estimate of drug-likeness (QED) is 0.579. The molecule has 0 saturated carbocycles. The first kappa shape index (κ1) is 6.54. The van der Waals surface area contributed by atoms with Gasteiger partial charge >= 0.3 is 0 Å². The van der Waals surface area contributed by atoms with Crippen LogP contribution in [-0.2, 0) is 0 Å². The molecule has 0 aliphatic rings. The average molecular weight is 139 g/mol. The molecule has 0 aromatic heterocycles. The van der Waals surface area contributed by atoms with Gasteiger partial charge in [-0.05, 0) is 17.3 Å². The summed E-state index contributed by atoms with van der Waals surface area (Å²) in [5.74, 6) is -0.403. The summed E-state index contributed by atoms with van der Waals surface area (Å²) in [4.78, 5) is 9.85. The number of benzene rings is 1. The molecule has 0 saturated heterocycles. The van der Waals surface area contributed by atoms with Gasteiger partial charge < -0.3 is 10.2 Å². The lowest BCUT2D eigenvalue weighted by Gasteiger charge is -1.94. The average Bonchev–Trinajstić information content (AvgIpc) is 1.88. The van der Waals surface area contributed by atoms with E-state index < -0.39 is 0 Å². The minimum Gasteiger partial charge on any atom is -0.508 e. The Bertz CT molecular complexity index is 259. The van der Waals surface area contributed by atoms with Crippen LogP contribution in [0.15, 0.2) is 23.4 Å². The van der Waals surface area contributed by atoms with Crippen LogP contribution in [0.5, 0.6) is 11.5 Å². The monoisotopic (exact) mass is 139 g/mol. The van der Waals surface area contributed by atoms with Crippen molar-refractivity contribution in [2.75, 3.05) is 0 Å². The van der Waals surface area contributed by atoms with Crippen LogP contribution >= 0.6 is 0 Å². The number of aromatic hydroxyl groups is 2. The van der Waals surface area contributed by atoms with Crippen LogP contribution in [0, 0.1) is 4.91 Å². The Balaban J connectivity index is 3.19. The van der Waals surface area contributed by atoms with Crippen molar-refractivity contribution in [1.82, 2.24) is 0 Å². The van der Waals surface area contributed by atoms with E-state index in [-0.39, 0.29) is 17.2 Å². The summed E-state index contributed by atoms with van der Waals surface area (Å²) in [5.41, 5.74) is -0.0715. The van der Waals surface area contributed by atoms with Gasteiger partial charge in [-0.3, -0.25) is 0 Å². The molecule has 0 amide bonds. The number of phenols is 2. The normalized spacial score (nSPS) is 9.20. The van der Waals surface area contributed by atoms with E-state index in [9.17, 15) is 4.91 Å². The molecule has 0 heterocycles. The summed E-state index contributed by atoms with van der Waals surface area (Å²) in [7, 11) is 0. The molecule has 0 unspecified atom stereocenters. The van der Waals surface area contributed by atoms with E-state index in [1.54, 1.807) is 0 Å². The minimum atomic E-state index is -0.310. The molecule has 10 heavy (non-hydrogen) atoms. The van der Waals surface area contributed by atoms with Crippen LogP contribution in [0.1, 0.15) is 0 Å². The predicted octanol–water partition coefficient (Wildman–Crippen LogP) is 1.50. The largest absolute Gasteiger partial charge is 0.508 e. The summed E-state index contributed by atoms with van der Waals surface area (Å²) in [6, 6.07) is 3.56. The van der Waals surface area contributed by atoms with Crippen LogP contribution in [0.25, 0.3) is 0 Å². The topological polar surface area (TPSA) is 69.9 Å². The third kappa shape index (κ3) is 1.05. The molecule has 1 aromatic rings. The van der Waals surface area contributed by atoms with Crippen molar-refractivity contribution < 1.29 is 10.2 Å². The van der Waals surface area contributed by atoms with E-state index in [4.69, 9.17) is 10.2 Å². The number of phenolic OH excluding ortho intramolecular Hbond substituents is 2. The van der Waals surface area contributed by atoms with Crippen molar-refractivity contribution in [3.05, 3.63) is 23.1 Å². The Kier molecular flexibility index (Phi) is 1.53. The van der Waals surface area contributed by atoms with Crippen LogP contribution in [0.3, 0.4) is 0 Å². The molecule has 0 atom stereocenters. The Morgan fingerprint density at radius 1 is 1.30 bits per heavy atom. The van der Waals surface area contributed by atoms with Gasteiger partial charge in [0.25, 0.3) is 0 Å². The number of rotatable bonds is 1. The molecule has 1 rings (SSSR count). The number of nitroso groups, excluding NO2 is 1. The van der Waals surface area contributed by atoms with Gasteiger partial charge in [0.15, 0.2) is 0 Å². The SMILES string of the molecule is O=Nc1ccc(O)cc1O. The molecule has 52 valence electrons. The summed E-state index contributed by atoms with van der Waals surface area (Å²) < 4.78 is 0. The Labute approximate surface area is 56.7 Å². The molecule has 1 aromatic carbocycles. The molecule has 4 nitrogen and oxygen atoms in total. The van der Waals surface area contributed by atoms with Crippen LogP contribution < -0.4 is 0 Å². The van der Waals surface area contributed by atoms with Crippen LogP contribution in [0.4, 0.5) is 5.69 Å². The van der Waals surface area contributed by atoms with Gasteiger partial charge in [-0.25, -0.2) is 0 Å². The van der Waals surface area contributed by atoms with E-state index in [1.807, 2.05) is 0 Å². The zero-order valence-electron chi connectivity index (χ0n) is 4.98. The van der Waals surface area contributed by atoms with Crippen LogP contribution in [0.2, 0.25) is 0 Å². The highest BCUT2D eigenvalue weighted by molar-refractivity contribution is 5.53. The van der Waals surface area contributed by atoms with E-state index in [2.05, 4.69) is 5.18 Å². The minimum absolute atomic E-state index is 0.0715.